The van der Waals surface area contributed by atoms with E-state index >= 15 is 0 Å². The first-order chi connectivity index (χ1) is 9.25. The van der Waals surface area contributed by atoms with Crippen molar-refractivity contribution in [3.05, 3.63) is 47.6 Å². The van der Waals surface area contributed by atoms with Crippen molar-refractivity contribution in [3.8, 4) is 5.75 Å². The molecule has 0 aliphatic carbocycles. The van der Waals surface area contributed by atoms with E-state index in [0.717, 1.165) is 0 Å². The number of hydrogen-bond acceptors (Lipinski definition) is 6. The number of hydrogen-bond donors (Lipinski definition) is 1. The van der Waals surface area contributed by atoms with E-state index in [1.54, 1.807) is 30.5 Å². The van der Waals surface area contributed by atoms with Crippen LogP contribution in [-0.4, -0.2) is 15.9 Å². The second-order valence-electron chi connectivity index (χ2n) is 3.76. The standard InChI is InChI=1S/C13H9N3O2S/c14-9-10-12(16-7-6-15-10)19-11(9)13(17)18-8-4-2-1-3-5-8/h1-7H,14H2. The Bertz CT molecular complexity index is 740. The van der Waals surface area contributed by atoms with Crippen molar-refractivity contribution in [3.63, 3.8) is 0 Å². The first-order valence-electron chi connectivity index (χ1n) is 5.52. The fourth-order valence-electron chi connectivity index (χ4n) is 1.64. The predicted molar refractivity (Wildman–Crippen MR) is 73.2 cm³/mol. The van der Waals surface area contributed by atoms with Crippen LogP contribution in [0.4, 0.5) is 5.69 Å². The molecule has 0 bridgehead atoms. The van der Waals surface area contributed by atoms with E-state index in [4.69, 9.17) is 10.5 Å². The van der Waals surface area contributed by atoms with Crippen molar-refractivity contribution in [1.29, 1.82) is 0 Å². The number of thiophene rings is 1. The van der Waals surface area contributed by atoms with Gasteiger partial charge >= 0.3 is 5.97 Å². The maximum Gasteiger partial charge on any atom is 0.356 e. The van der Waals surface area contributed by atoms with Crippen LogP contribution in [0.2, 0.25) is 0 Å². The lowest BCUT2D eigenvalue weighted by Gasteiger charge is -2.02. The summed E-state index contributed by atoms with van der Waals surface area (Å²) in [5, 5.41) is 0. The van der Waals surface area contributed by atoms with Gasteiger partial charge in [-0.25, -0.2) is 14.8 Å². The molecule has 0 aliphatic heterocycles. The summed E-state index contributed by atoms with van der Waals surface area (Å²) in [6.07, 6.45) is 3.10. The molecular weight excluding hydrogens is 262 g/mol. The summed E-state index contributed by atoms with van der Waals surface area (Å²) in [6, 6.07) is 8.84. The zero-order valence-corrected chi connectivity index (χ0v) is 10.6. The number of nitrogens with zero attached hydrogens (tertiary/aromatic N) is 2. The highest BCUT2D eigenvalue weighted by molar-refractivity contribution is 7.21. The van der Waals surface area contributed by atoms with Gasteiger partial charge in [-0.1, -0.05) is 18.2 Å². The molecule has 3 aromatic rings. The molecule has 0 saturated heterocycles. The topological polar surface area (TPSA) is 78.1 Å². The number of aromatic nitrogens is 2. The zero-order chi connectivity index (χ0) is 13.2. The van der Waals surface area contributed by atoms with E-state index in [1.807, 2.05) is 6.07 Å². The Morgan fingerprint density at radius 3 is 2.63 bits per heavy atom. The number of esters is 1. The number of benzene rings is 1. The molecule has 0 spiro atoms. The van der Waals surface area contributed by atoms with Gasteiger partial charge < -0.3 is 10.5 Å². The van der Waals surface area contributed by atoms with Gasteiger partial charge in [0.25, 0.3) is 0 Å². The Balaban J connectivity index is 1.96. The third kappa shape index (κ3) is 2.13. The number of nitrogen functional groups attached to an aromatic ring is 1. The molecule has 0 saturated carbocycles. The molecule has 2 aromatic heterocycles. The third-order valence-electron chi connectivity index (χ3n) is 2.50. The summed E-state index contributed by atoms with van der Waals surface area (Å²) < 4.78 is 5.25. The summed E-state index contributed by atoms with van der Waals surface area (Å²) in [5.74, 6) is -0.0150. The highest BCUT2D eigenvalue weighted by Crippen LogP contribution is 2.31. The van der Waals surface area contributed by atoms with Gasteiger partial charge in [0.15, 0.2) is 0 Å². The summed E-state index contributed by atoms with van der Waals surface area (Å²) in [5.41, 5.74) is 6.75. The van der Waals surface area contributed by atoms with E-state index in [-0.39, 0.29) is 0 Å². The SMILES string of the molecule is Nc1c(C(=O)Oc2ccccc2)sc2nccnc12. The number of ether oxygens (including phenoxy) is 1. The molecule has 6 heteroatoms. The molecule has 0 atom stereocenters. The van der Waals surface area contributed by atoms with Crippen molar-refractivity contribution in [2.24, 2.45) is 0 Å². The summed E-state index contributed by atoms with van der Waals surface area (Å²) in [6.45, 7) is 0. The van der Waals surface area contributed by atoms with E-state index in [2.05, 4.69) is 9.97 Å². The third-order valence-corrected chi connectivity index (χ3v) is 3.59. The molecule has 94 valence electrons. The van der Waals surface area contributed by atoms with Crippen molar-refractivity contribution in [2.45, 2.75) is 0 Å². The lowest BCUT2D eigenvalue weighted by Crippen LogP contribution is -2.08. The number of fused-ring (bicyclic) bond motifs is 1. The van der Waals surface area contributed by atoms with Crippen LogP contribution >= 0.6 is 11.3 Å². The Kier molecular flexibility index (Phi) is 2.85. The van der Waals surface area contributed by atoms with Crippen LogP contribution in [0, 0.1) is 0 Å². The van der Waals surface area contributed by atoms with Gasteiger partial charge in [0.05, 0.1) is 5.69 Å². The molecule has 0 amide bonds. The molecule has 0 aliphatic rings. The Morgan fingerprint density at radius 2 is 1.89 bits per heavy atom. The first kappa shape index (κ1) is 11.6. The molecule has 2 heterocycles. The van der Waals surface area contributed by atoms with Crippen LogP contribution in [-0.2, 0) is 0 Å². The highest BCUT2D eigenvalue weighted by Gasteiger charge is 2.19. The fourth-order valence-corrected chi connectivity index (χ4v) is 2.54. The van der Waals surface area contributed by atoms with Crippen LogP contribution < -0.4 is 10.5 Å². The number of carbonyl (C=O) groups is 1. The molecule has 3 rings (SSSR count). The quantitative estimate of drug-likeness (QED) is 0.572. The van der Waals surface area contributed by atoms with Gasteiger partial charge in [-0.3, -0.25) is 0 Å². The Morgan fingerprint density at radius 1 is 1.16 bits per heavy atom. The number of nitrogens with two attached hydrogens (primary N) is 1. The zero-order valence-electron chi connectivity index (χ0n) is 9.74. The second-order valence-corrected chi connectivity index (χ2v) is 4.76. The lowest BCUT2D eigenvalue weighted by molar-refractivity contribution is 0.0741. The Labute approximate surface area is 112 Å². The minimum atomic E-state index is -0.492. The number of anilines is 1. The maximum atomic E-state index is 12.1. The van der Waals surface area contributed by atoms with Crippen LogP contribution in [0.3, 0.4) is 0 Å². The minimum Gasteiger partial charge on any atom is -0.422 e. The average molecular weight is 271 g/mol. The first-order valence-corrected chi connectivity index (χ1v) is 6.33. The monoisotopic (exact) mass is 271 g/mol. The smallest absolute Gasteiger partial charge is 0.356 e. The van der Waals surface area contributed by atoms with Gasteiger partial charge in [0.2, 0.25) is 0 Å². The molecule has 0 radical (unpaired) electrons. The highest BCUT2D eigenvalue weighted by atomic mass is 32.1. The van der Waals surface area contributed by atoms with Crippen LogP contribution in [0.25, 0.3) is 10.3 Å². The van der Waals surface area contributed by atoms with Crippen LogP contribution in [0.1, 0.15) is 9.67 Å². The van der Waals surface area contributed by atoms with Crippen molar-refractivity contribution in [2.75, 3.05) is 5.73 Å². The normalized spacial score (nSPS) is 10.5. The van der Waals surface area contributed by atoms with Gasteiger partial charge in [-0.05, 0) is 12.1 Å². The van der Waals surface area contributed by atoms with E-state index in [9.17, 15) is 4.79 Å². The van der Waals surface area contributed by atoms with Gasteiger partial charge in [0, 0.05) is 12.4 Å². The lowest BCUT2D eigenvalue weighted by atomic mass is 10.3. The molecular formula is C13H9N3O2S. The van der Waals surface area contributed by atoms with Crippen molar-refractivity contribution < 1.29 is 9.53 Å². The average Bonchev–Trinajstić information content (AvgIpc) is 2.78. The number of rotatable bonds is 2. The molecule has 19 heavy (non-hydrogen) atoms. The number of carbonyl (C=O) groups excluding carboxylic acids is 1. The minimum absolute atomic E-state index is 0.314. The van der Waals surface area contributed by atoms with Crippen molar-refractivity contribution in [1.82, 2.24) is 9.97 Å². The summed E-state index contributed by atoms with van der Waals surface area (Å²) >= 11 is 1.18. The predicted octanol–water partition coefficient (Wildman–Crippen LogP) is 2.49. The largest absolute Gasteiger partial charge is 0.422 e. The molecule has 0 fully saturated rings. The van der Waals surface area contributed by atoms with Crippen LogP contribution in [0.15, 0.2) is 42.7 Å². The second kappa shape index (κ2) is 4.66. The van der Waals surface area contributed by atoms with Gasteiger partial charge in [-0.2, -0.15) is 0 Å². The molecule has 0 unspecified atom stereocenters. The maximum absolute atomic E-state index is 12.1. The van der Waals surface area contributed by atoms with E-state index in [0.29, 0.717) is 26.7 Å². The molecule has 1 aromatic carbocycles. The summed E-state index contributed by atoms with van der Waals surface area (Å²) in [4.78, 5) is 21.2. The molecule has 5 nitrogen and oxygen atoms in total. The van der Waals surface area contributed by atoms with Gasteiger partial charge in [0.1, 0.15) is 21.0 Å². The molecule has 2 N–H and O–H groups in total. The van der Waals surface area contributed by atoms with E-state index in [1.165, 1.54) is 17.5 Å². The van der Waals surface area contributed by atoms with E-state index < -0.39 is 5.97 Å². The fraction of sp³-hybridized carbons (Fsp3) is 0. The van der Waals surface area contributed by atoms with Crippen LogP contribution in [0.5, 0.6) is 5.75 Å². The Hall–Kier alpha value is -2.47. The summed E-state index contributed by atoms with van der Waals surface area (Å²) in [7, 11) is 0. The van der Waals surface area contributed by atoms with Gasteiger partial charge in [-0.15, -0.1) is 11.3 Å². The number of para-hydroxylation sites is 1. The van der Waals surface area contributed by atoms with Crippen molar-refractivity contribution >= 4 is 33.3 Å².